The molecule has 3 aliphatic carbocycles. The van der Waals surface area contributed by atoms with Crippen LogP contribution in [0.5, 0.6) is 0 Å². The SMILES string of the molecule is CCCCCCCNC(=O)C12CCC(NCC(=O)N3CC(F)CC3C#N)(CC1)CC2. The smallest absolute Gasteiger partial charge is 0.237 e. The van der Waals surface area contributed by atoms with E-state index in [1.165, 1.54) is 30.6 Å². The molecule has 0 aromatic rings. The average molecular weight is 421 g/mol. The topological polar surface area (TPSA) is 85.2 Å². The lowest BCUT2D eigenvalue weighted by Crippen LogP contribution is -2.60. The van der Waals surface area contributed by atoms with Gasteiger partial charge in [-0.05, 0) is 44.9 Å². The summed E-state index contributed by atoms with van der Waals surface area (Å²) in [5.74, 6) is 0.0181. The fourth-order valence-electron chi connectivity index (χ4n) is 5.46. The Hall–Kier alpha value is -1.68. The third kappa shape index (κ3) is 5.14. The number of unbranched alkanes of at least 4 members (excludes halogenated alkanes) is 4. The van der Waals surface area contributed by atoms with Gasteiger partial charge in [0.05, 0.1) is 19.2 Å². The number of hydrogen-bond acceptors (Lipinski definition) is 4. The summed E-state index contributed by atoms with van der Waals surface area (Å²) >= 11 is 0. The number of fused-ring (bicyclic) bond motifs is 3. The molecule has 2 bridgehead atoms. The molecule has 1 saturated heterocycles. The zero-order valence-corrected chi connectivity index (χ0v) is 18.4. The number of nitrogens with one attached hydrogen (secondary N) is 2. The van der Waals surface area contributed by atoms with E-state index in [2.05, 4.69) is 17.6 Å². The molecule has 1 heterocycles. The number of amides is 2. The first-order chi connectivity index (χ1) is 14.4. The summed E-state index contributed by atoms with van der Waals surface area (Å²) in [6.45, 7) is 3.13. The van der Waals surface area contributed by atoms with Crippen LogP contribution in [-0.4, -0.2) is 54.1 Å². The first kappa shape index (κ1) is 23.0. The van der Waals surface area contributed by atoms with Gasteiger partial charge in [-0.2, -0.15) is 5.26 Å². The molecule has 2 N–H and O–H groups in total. The number of rotatable bonds is 10. The summed E-state index contributed by atoms with van der Waals surface area (Å²) in [6.07, 6.45) is 10.2. The van der Waals surface area contributed by atoms with Gasteiger partial charge in [0.25, 0.3) is 0 Å². The Morgan fingerprint density at radius 2 is 1.77 bits per heavy atom. The molecule has 2 atom stereocenters. The van der Waals surface area contributed by atoms with Gasteiger partial charge in [-0.3, -0.25) is 9.59 Å². The van der Waals surface area contributed by atoms with Gasteiger partial charge >= 0.3 is 0 Å². The highest BCUT2D eigenvalue weighted by molar-refractivity contribution is 5.83. The lowest BCUT2D eigenvalue weighted by Gasteiger charge is -2.53. The van der Waals surface area contributed by atoms with Crippen molar-refractivity contribution < 1.29 is 14.0 Å². The fourth-order valence-corrected chi connectivity index (χ4v) is 5.46. The summed E-state index contributed by atoms with van der Waals surface area (Å²) in [6, 6.07) is 1.39. The van der Waals surface area contributed by atoms with Crippen molar-refractivity contribution in [3.8, 4) is 6.07 Å². The fraction of sp³-hybridized carbons (Fsp3) is 0.870. The van der Waals surface area contributed by atoms with Crippen LogP contribution in [-0.2, 0) is 9.59 Å². The van der Waals surface area contributed by atoms with E-state index in [0.717, 1.165) is 51.5 Å². The molecular weight excluding hydrogens is 383 g/mol. The lowest BCUT2D eigenvalue weighted by molar-refractivity contribution is -0.139. The first-order valence-electron chi connectivity index (χ1n) is 11.8. The van der Waals surface area contributed by atoms with Gasteiger partial charge in [-0.25, -0.2) is 4.39 Å². The Morgan fingerprint density at radius 1 is 1.10 bits per heavy atom. The minimum atomic E-state index is -1.10. The van der Waals surface area contributed by atoms with Crippen molar-refractivity contribution in [1.29, 1.82) is 5.26 Å². The summed E-state index contributed by atoms with van der Waals surface area (Å²) < 4.78 is 13.6. The number of nitrogens with zero attached hydrogens (tertiary/aromatic N) is 2. The zero-order valence-electron chi connectivity index (χ0n) is 18.4. The Labute approximate surface area is 179 Å². The highest BCUT2D eigenvalue weighted by Gasteiger charge is 2.52. The molecule has 4 fully saturated rings. The summed E-state index contributed by atoms with van der Waals surface area (Å²) in [5.41, 5.74) is -0.339. The van der Waals surface area contributed by atoms with E-state index in [4.69, 9.17) is 5.26 Å². The number of nitriles is 1. The van der Waals surface area contributed by atoms with Gasteiger partial charge in [-0.15, -0.1) is 0 Å². The summed E-state index contributed by atoms with van der Waals surface area (Å²) in [4.78, 5) is 26.8. The van der Waals surface area contributed by atoms with Crippen LogP contribution in [0.2, 0.25) is 0 Å². The first-order valence-corrected chi connectivity index (χ1v) is 11.8. The highest BCUT2D eigenvalue weighted by Crippen LogP contribution is 2.52. The third-order valence-corrected chi connectivity index (χ3v) is 7.63. The van der Waals surface area contributed by atoms with Crippen molar-refractivity contribution in [3.05, 3.63) is 0 Å². The Balaban J connectivity index is 1.42. The zero-order chi connectivity index (χ0) is 21.6. The maximum absolute atomic E-state index is 13.6. The van der Waals surface area contributed by atoms with Crippen LogP contribution in [0, 0.1) is 16.7 Å². The summed E-state index contributed by atoms with van der Waals surface area (Å²) in [7, 11) is 0. The molecule has 2 amide bonds. The normalized spacial score (nSPS) is 32.8. The quantitative estimate of drug-likeness (QED) is 0.532. The molecule has 4 rings (SSSR count). The van der Waals surface area contributed by atoms with E-state index in [1.54, 1.807) is 0 Å². The number of carbonyl (C=O) groups excluding carboxylic acids is 2. The number of carbonyl (C=O) groups is 2. The Bertz CT molecular complexity index is 638. The van der Waals surface area contributed by atoms with Gasteiger partial charge in [0.1, 0.15) is 12.2 Å². The molecular formula is C23H37FN4O2. The molecule has 6 nitrogen and oxygen atoms in total. The van der Waals surface area contributed by atoms with Crippen LogP contribution in [0.3, 0.4) is 0 Å². The van der Waals surface area contributed by atoms with Crippen molar-refractivity contribution >= 4 is 11.8 Å². The standard InChI is InChI=1S/C23H37FN4O2/c1-2-3-4-5-6-13-26-21(30)22-7-10-23(11-8-22,12-9-22)27-16-20(29)28-17-18(24)14-19(28)15-25/h18-19,27H,2-14,16-17H2,1H3,(H,26,30). The molecule has 1 aliphatic heterocycles. The van der Waals surface area contributed by atoms with E-state index < -0.39 is 12.2 Å². The van der Waals surface area contributed by atoms with Gasteiger partial charge in [0.2, 0.25) is 11.8 Å². The van der Waals surface area contributed by atoms with Crippen LogP contribution in [0.1, 0.15) is 84.0 Å². The number of hydrogen-bond donors (Lipinski definition) is 2. The molecule has 30 heavy (non-hydrogen) atoms. The van der Waals surface area contributed by atoms with Crippen molar-refractivity contribution in [2.45, 2.75) is 102 Å². The molecule has 0 aromatic heterocycles. The van der Waals surface area contributed by atoms with Crippen LogP contribution in [0.25, 0.3) is 0 Å². The van der Waals surface area contributed by atoms with Gasteiger partial charge in [0, 0.05) is 23.9 Å². The maximum atomic E-state index is 13.6. The third-order valence-electron chi connectivity index (χ3n) is 7.63. The second kappa shape index (κ2) is 10.1. The highest BCUT2D eigenvalue weighted by atomic mass is 19.1. The van der Waals surface area contributed by atoms with Gasteiger partial charge in [0.15, 0.2) is 0 Å². The molecule has 3 saturated carbocycles. The van der Waals surface area contributed by atoms with Gasteiger partial charge in [-0.1, -0.05) is 32.6 Å². The molecule has 0 radical (unpaired) electrons. The monoisotopic (exact) mass is 420 g/mol. The van der Waals surface area contributed by atoms with E-state index in [-0.39, 0.29) is 42.3 Å². The minimum Gasteiger partial charge on any atom is -0.356 e. The van der Waals surface area contributed by atoms with E-state index in [1.807, 2.05) is 6.07 Å². The van der Waals surface area contributed by atoms with Crippen molar-refractivity contribution in [1.82, 2.24) is 15.5 Å². The maximum Gasteiger partial charge on any atom is 0.237 e. The van der Waals surface area contributed by atoms with E-state index in [9.17, 15) is 14.0 Å². The van der Waals surface area contributed by atoms with Crippen molar-refractivity contribution in [3.63, 3.8) is 0 Å². The second-order valence-electron chi connectivity index (χ2n) is 9.61. The predicted molar refractivity (Wildman–Crippen MR) is 113 cm³/mol. The van der Waals surface area contributed by atoms with Crippen LogP contribution in [0.4, 0.5) is 4.39 Å². The Kier molecular flexibility index (Phi) is 7.73. The van der Waals surface area contributed by atoms with Crippen LogP contribution < -0.4 is 10.6 Å². The number of alkyl halides is 1. The predicted octanol–water partition coefficient (Wildman–Crippen LogP) is 3.22. The molecule has 7 heteroatoms. The molecule has 168 valence electrons. The average Bonchev–Trinajstić information content (AvgIpc) is 3.16. The van der Waals surface area contributed by atoms with Crippen molar-refractivity contribution in [2.75, 3.05) is 19.6 Å². The second-order valence-corrected chi connectivity index (χ2v) is 9.61. The van der Waals surface area contributed by atoms with E-state index in [0.29, 0.717) is 0 Å². The van der Waals surface area contributed by atoms with E-state index >= 15 is 0 Å². The molecule has 0 aromatic carbocycles. The number of halogens is 1. The van der Waals surface area contributed by atoms with Crippen LogP contribution >= 0.6 is 0 Å². The number of likely N-dealkylation sites (tertiary alicyclic amines) is 1. The largest absolute Gasteiger partial charge is 0.356 e. The lowest BCUT2D eigenvalue weighted by atomic mass is 9.57. The van der Waals surface area contributed by atoms with Crippen molar-refractivity contribution in [2.24, 2.45) is 5.41 Å². The summed E-state index contributed by atoms with van der Waals surface area (Å²) in [5, 5.41) is 15.8. The van der Waals surface area contributed by atoms with Gasteiger partial charge < -0.3 is 15.5 Å². The molecule has 0 spiro atoms. The Morgan fingerprint density at radius 3 is 2.40 bits per heavy atom. The molecule has 2 unspecified atom stereocenters. The molecule has 4 aliphatic rings. The van der Waals surface area contributed by atoms with Crippen LogP contribution in [0.15, 0.2) is 0 Å². The minimum absolute atomic E-state index is 0.0213.